The van der Waals surface area contributed by atoms with Crippen molar-refractivity contribution in [3.8, 4) is 0 Å². The van der Waals surface area contributed by atoms with E-state index in [2.05, 4.69) is 15.5 Å². The Morgan fingerprint density at radius 3 is 2.85 bits per heavy atom. The van der Waals surface area contributed by atoms with Crippen molar-refractivity contribution >= 4 is 23.3 Å². The smallest absolute Gasteiger partial charge is 0.319 e. The van der Waals surface area contributed by atoms with Crippen LogP contribution in [0.25, 0.3) is 0 Å². The molecule has 1 aromatic carbocycles. The van der Waals surface area contributed by atoms with Gasteiger partial charge >= 0.3 is 6.03 Å². The van der Waals surface area contributed by atoms with Crippen LogP contribution in [0.1, 0.15) is 0 Å². The maximum Gasteiger partial charge on any atom is 0.319 e. The lowest BCUT2D eigenvalue weighted by Gasteiger charge is -2.26. The second-order valence-electron chi connectivity index (χ2n) is 4.43. The Kier molecular flexibility index (Phi) is 5.58. The highest BCUT2D eigenvalue weighted by Gasteiger charge is 2.12. The first-order valence-electron chi connectivity index (χ1n) is 6.46. The molecule has 0 aliphatic carbocycles. The van der Waals surface area contributed by atoms with Crippen LogP contribution in [0.3, 0.4) is 0 Å². The molecule has 2 rings (SSSR count). The molecule has 1 fully saturated rings. The Morgan fingerprint density at radius 1 is 1.40 bits per heavy atom. The van der Waals surface area contributed by atoms with Gasteiger partial charge in [-0.25, -0.2) is 9.18 Å². The van der Waals surface area contributed by atoms with Gasteiger partial charge in [-0.3, -0.25) is 4.90 Å². The highest BCUT2D eigenvalue weighted by molar-refractivity contribution is 6.33. The monoisotopic (exact) mass is 301 g/mol. The fourth-order valence-electron chi connectivity index (χ4n) is 1.93. The zero-order valence-electron chi connectivity index (χ0n) is 11.0. The van der Waals surface area contributed by atoms with Crippen LogP contribution in [0.4, 0.5) is 14.9 Å². The Bertz CT molecular complexity index is 447. The molecule has 1 aliphatic heterocycles. The van der Waals surface area contributed by atoms with E-state index >= 15 is 0 Å². The average Bonchev–Trinajstić information content (AvgIpc) is 2.44. The van der Waals surface area contributed by atoms with Gasteiger partial charge in [0.25, 0.3) is 0 Å². The Labute approximate surface area is 122 Å². The number of nitrogens with zero attached hydrogens (tertiary/aromatic N) is 1. The average molecular weight is 302 g/mol. The molecule has 0 unspecified atom stereocenters. The second-order valence-corrected chi connectivity index (χ2v) is 4.84. The molecule has 0 aromatic heterocycles. The number of ether oxygens (including phenoxy) is 1. The first-order valence-corrected chi connectivity index (χ1v) is 6.83. The van der Waals surface area contributed by atoms with Crippen LogP contribution in [0, 0.1) is 5.82 Å². The molecular formula is C13H17ClFN3O2. The molecule has 110 valence electrons. The van der Waals surface area contributed by atoms with Gasteiger partial charge in [-0.2, -0.15) is 0 Å². The summed E-state index contributed by atoms with van der Waals surface area (Å²) in [7, 11) is 0. The van der Waals surface area contributed by atoms with E-state index in [1.54, 1.807) is 0 Å². The third kappa shape index (κ3) is 4.33. The number of urea groups is 1. The number of carbonyl (C=O) groups is 1. The normalized spacial score (nSPS) is 15.9. The molecule has 0 atom stereocenters. The van der Waals surface area contributed by atoms with Crippen molar-refractivity contribution < 1.29 is 13.9 Å². The van der Waals surface area contributed by atoms with Crippen molar-refractivity contribution in [3.05, 3.63) is 29.0 Å². The van der Waals surface area contributed by atoms with Crippen LogP contribution in [0.2, 0.25) is 5.02 Å². The Hall–Kier alpha value is -1.37. The summed E-state index contributed by atoms with van der Waals surface area (Å²) in [5.74, 6) is -0.555. The van der Waals surface area contributed by atoms with Crippen molar-refractivity contribution in [2.75, 3.05) is 44.7 Å². The van der Waals surface area contributed by atoms with Crippen molar-refractivity contribution in [2.45, 2.75) is 0 Å². The lowest BCUT2D eigenvalue weighted by Crippen LogP contribution is -2.42. The first kappa shape index (κ1) is 15.0. The molecule has 5 nitrogen and oxygen atoms in total. The van der Waals surface area contributed by atoms with Crippen LogP contribution in [0.15, 0.2) is 18.2 Å². The van der Waals surface area contributed by atoms with E-state index < -0.39 is 11.8 Å². The molecule has 2 amide bonds. The maximum atomic E-state index is 13.5. The molecule has 1 heterocycles. The molecule has 2 N–H and O–H groups in total. The van der Waals surface area contributed by atoms with Gasteiger partial charge < -0.3 is 15.4 Å². The number of anilines is 1. The number of rotatable bonds is 4. The minimum atomic E-state index is -0.555. The number of carbonyl (C=O) groups excluding carboxylic acids is 1. The minimum Gasteiger partial charge on any atom is -0.379 e. The lowest BCUT2D eigenvalue weighted by atomic mass is 10.3. The molecule has 1 aromatic rings. The van der Waals surface area contributed by atoms with E-state index in [9.17, 15) is 9.18 Å². The third-order valence-electron chi connectivity index (χ3n) is 3.02. The first-order chi connectivity index (χ1) is 9.66. The van der Waals surface area contributed by atoms with E-state index in [0.717, 1.165) is 32.8 Å². The Morgan fingerprint density at radius 2 is 2.15 bits per heavy atom. The highest BCUT2D eigenvalue weighted by Crippen LogP contribution is 2.24. The predicted molar refractivity (Wildman–Crippen MR) is 75.7 cm³/mol. The van der Waals surface area contributed by atoms with E-state index in [4.69, 9.17) is 16.3 Å². The number of halogens is 2. The van der Waals surface area contributed by atoms with Crippen LogP contribution < -0.4 is 10.6 Å². The van der Waals surface area contributed by atoms with Crippen LogP contribution >= 0.6 is 11.6 Å². The summed E-state index contributed by atoms with van der Waals surface area (Å²) in [5.41, 5.74) is -0.00182. The summed E-state index contributed by atoms with van der Waals surface area (Å²) in [6.07, 6.45) is 0. The molecule has 1 saturated heterocycles. The second kappa shape index (κ2) is 7.42. The molecule has 0 radical (unpaired) electrons. The largest absolute Gasteiger partial charge is 0.379 e. The van der Waals surface area contributed by atoms with Crippen molar-refractivity contribution in [3.63, 3.8) is 0 Å². The molecule has 0 spiro atoms. The number of hydrogen-bond acceptors (Lipinski definition) is 3. The maximum absolute atomic E-state index is 13.5. The lowest BCUT2D eigenvalue weighted by molar-refractivity contribution is 0.0388. The summed E-state index contributed by atoms with van der Waals surface area (Å²) >= 11 is 5.82. The van der Waals surface area contributed by atoms with Crippen molar-refractivity contribution in [2.24, 2.45) is 0 Å². The molecular weight excluding hydrogens is 285 g/mol. The molecule has 7 heteroatoms. The molecule has 0 bridgehead atoms. The SMILES string of the molecule is O=C(NCCN1CCOCC1)Nc1c(F)cccc1Cl. The Balaban J connectivity index is 1.75. The highest BCUT2D eigenvalue weighted by atomic mass is 35.5. The number of amides is 2. The number of morpholine rings is 1. The minimum absolute atomic E-state index is 0.00182. The van der Waals surface area contributed by atoms with E-state index in [1.165, 1.54) is 18.2 Å². The van der Waals surface area contributed by atoms with Crippen molar-refractivity contribution in [1.82, 2.24) is 10.2 Å². The number of hydrogen-bond donors (Lipinski definition) is 2. The predicted octanol–water partition coefficient (Wildman–Crippen LogP) is 1.93. The fourth-order valence-corrected chi connectivity index (χ4v) is 2.14. The number of para-hydroxylation sites is 1. The van der Waals surface area contributed by atoms with Gasteiger partial charge in [0.1, 0.15) is 5.82 Å². The number of nitrogens with one attached hydrogen (secondary N) is 2. The van der Waals surface area contributed by atoms with Gasteiger partial charge in [-0.15, -0.1) is 0 Å². The summed E-state index contributed by atoms with van der Waals surface area (Å²) in [6.45, 7) is 4.39. The zero-order chi connectivity index (χ0) is 14.4. The molecule has 0 saturated carbocycles. The molecule has 1 aliphatic rings. The summed E-state index contributed by atoms with van der Waals surface area (Å²) in [5, 5.41) is 5.27. The van der Waals surface area contributed by atoms with E-state index in [-0.39, 0.29) is 10.7 Å². The van der Waals surface area contributed by atoms with Gasteiger partial charge in [0, 0.05) is 26.2 Å². The number of benzene rings is 1. The van der Waals surface area contributed by atoms with Gasteiger partial charge in [-0.05, 0) is 12.1 Å². The quantitative estimate of drug-likeness (QED) is 0.893. The summed E-state index contributed by atoms with van der Waals surface area (Å²) < 4.78 is 18.7. The van der Waals surface area contributed by atoms with E-state index in [0.29, 0.717) is 6.54 Å². The standard InChI is InChI=1S/C13H17ClFN3O2/c14-10-2-1-3-11(15)12(10)17-13(19)16-4-5-18-6-8-20-9-7-18/h1-3H,4-9H2,(H2,16,17,19). The van der Waals surface area contributed by atoms with Gasteiger partial charge in [0.05, 0.1) is 23.9 Å². The van der Waals surface area contributed by atoms with E-state index in [1.807, 2.05) is 0 Å². The van der Waals surface area contributed by atoms with Gasteiger partial charge in [-0.1, -0.05) is 17.7 Å². The summed E-state index contributed by atoms with van der Waals surface area (Å²) in [4.78, 5) is 13.9. The summed E-state index contributed by atoms with van der Waals surface area (Å²) in [6, 6.07) is 3.79. The van der Waals surface area contributed by atoms with Crippen LogP contribution in [-0.2, 0) is 4.74 Å². The van der Waals surface area contributed by atoms with Gasteiger partial charge in [0.15, 0.2) is 0 Å². The van der Waals surface area contributed by atoms with Gasteiger partial charge in [0.2, 0.25) is 0 Å². The topological polar surface area (TPSA) is 53.6 Å². The fraction of sp³-hybridized carbons (Fsp3) is 0.462. The third-order valence-corrected chi connectivity index (χ3v) is 3.33. The van der Waals surface area contributed by atoms with Crippen LogP contribution in [-0.4, -0.2) is 50.3 Å². The molecule has 20 heavy (non-hydrogen) atoms. The van der Waals surface area contributed by atoms with Crippen LogP contribution in [0.5, 0.6) is 0 Å². The zero-order valence-corrected chi connectivity index (χ0v) is 11.8. The van der Waals surface area contributed by atoms with Crippen molar-refractivity contribution in [1.29, 1.82) is 0 Å².